The monoisotopic (exact) mass is 334 g/mol. The molecule has 126 valence electrons. The smallest absolute Gasteiger partial charge is 0.332 e. The van der Waals surface area contributed by atoms with Crippen molar-refractivity contribution in [2.24, 2.45) is 5.28 Å². The van der Waals surface area contributed by atoms with Crippen LogP contribution in [0.15, 0.2) is 29.5 Å². The van der Waals surface area contributed by atoms with Crippen LogP contribution >= 0.6 is 0 Å². The van der Waals surface area contributed by atoms with E-state index in [1.54, 1.807) is 12.1 Å². The Morgan fingerprint density at radius 3 is 2.54 bits per heavy atom. The van der Waals surface area contributed by atoms with Gasteiger partial charge in [0.25, 0.3) is 11.8 Å². The van der Waals surface area contributed by atoms with Gasteiger partial charge in [-0.25, -0.2) is 9.69 Å². The molecule has 0 saturated carbocycles. The highest BCUT2D eigenvalue weighted by atomic mass is 16.7. The number of carboxylic acids is 1. The molecule has 1 N–H and O–H groups in total. The zero-order chi connectivity index (χ0) is 17.3. The maximum Gasteiger partial charge on any atom is 0.332 e. The molecule has 0 spiro atoms. The van der Waals surface area contributed by atoms with Gasteiger partial charge in [0.05, 0.1) is 22.6 Å². The topological polar surface area (TPSA) is 126 Å². The summed E-state index contributed by atoms with van der Waals surface area (Å²) in [6, 6.07) is 5.35. The Bertz CT molecular complexity index is 699. The van der Waals surface area contributed by atoms with E-state index in [0.717, 1.165) is 9.91 Å². The molecule has 1 aromatic rings. The third-order valence-corrected chi connectivity index (χ3v) is 3.92. The minimum Gasteiger partial charge on any atom is -0.569 e. The van der Waals surface area contributed by atoms with Gasteiger partial charge in [0.15, 0.2) is 6.04 Å². The summed E-state index contributed by atoms with van der Waals surface area (Å²) in [6.07, 6.45) is 0.881. The molecule has 2 heterocycles. The van der Waals surface area contributed by atoms with Crippen LogP contribution in [0, 0.1) is 5.21 Å². The Balaban J connectivity index is 1.64. The highest BCUT2D eigenvalue weighted by Crippen LogP contribution is 2.22. The van der Waals surface area contributed by atoms with E-state index in [1.165, 1.54) is 12.1 Å². The van der Waals surface area contributed by atoms with Gasteiger partial charge in [-0.2, -0.15) is 0 Å². The van der Waals surface area contributed by atoms with Crippen LogP contribution in [0.2, 0.25) is 0 Å². The zero-order valence-electron chi connectivity index (χ0n) is 12.5. The van der Waals surface area contributed by atoms with Gasteiger partial charge in [0.2, 0.25) is 12.0 Å². The van der Waals surface area contributed by atoms with Crippen LogP contribution in [0.5, 0.6) is 0 Å². The molecule has 0 aliphatic carbocycles. The summed E-state index contributed by atoms with van der Waals surface area (Å²) in [5, 5.41) is 25.1. The summed E-state index contributed by atoms with van der Waals surface area (Å²) in [5.41, 5.74) is 0.520. The fourth-order valence-corrected chi connectivity index (χ4v) is 2.74. The van der Waals surface area contributed by atoms with Crippen molar-refractivity contribution >= 4 is 17.8 Å². The summed E-state index contributed by atoms with van der Waals surface area (Å²) in [4.78, 5) is 40.8. The predicted molar refractivity (Wildman–Crippen MR) is 76.3 cm³/mol. The number of amides is 2. The molecule has 1 unspecified atom stereocenters. The minimum atomic E-state index is -1.12. The lowest BCUT2D eigenvalue weighted by Gasteiger charge is -2.16. The first-order chi connectivity index (χ1) is 11.5. The second-order valence-corrected chi connectivity index (χ2v) is 5.34. The third kappa shape index (κ3) is 2.62. The second-order valence-electron chi connectivity index (χ2n) is 5.34. The summed E-state index contributed by atoms with van der Waals surface area (Å²) >= 11 is 0. The Labute approximate surface area is 136 Å². The molecule has 10 nitrogen and oxygen atoms in total. The molecule has 2 aliphatic heterocycles. The van der Waals surface area contributed by atoms with Gasteiger partial charge < -0.3 is 15.2 Å². The maximum absolute atomic E-state index is 12.1. The fraction of sp³-hybridized carbons (Fsp3) is 0.357. The van der Waals surface area contributed by atoms with Crippen LogP contribution in [0.1, 0.15) is 33.6 Å². The highest BCUT2D eigenvalue weighted by molar-refractivity contribution is 6.21. The molecule has 1 fully saturated rings. The van der Waals surface area contributed by atoms with Gasteiger partial charge in [-0.05, 0) is 25.0 Å². The Morgan fingerprint density at radius 2 is 1.96 bits per heavy atom. The van der Waals surface area contributed by atoms with E-state index in [2.05, 4.69) is 5.28 Å². The Morgan fingerprint density at radius 1 is 1.33 bits per heavy atom. The van der Waals surface area contributed by atoms with Crippen LogP contribution < -0.4 is 0 Å². The number of carbonyl (C=O) groups is 3. The fourth-order valence-electron chi connectivity index (χ4n) is 2.74. The standard InChI is InChI=1S/C14H14N4O6/c19-12-9-4-1-2-5-10(9)13(20)16(12)8-24-15-18(23)17-7-3-6-11(17)14(21)22/h1-2,4-5,11H,3,6-8H2,(H,21,22). The lowest BCUT2D eigenvalue weighted by atomic mass is 10.1. The predicted octanol–water partition coefficient (Wildman–Crippen LogP) is 0.598. The lowest BCUT2D eigenvalue weighted by molar-refractivity contribution is -0.712. The van der Waals surface area contributed by atoms with Crippen molar-refractivity contribution in [1.82, 2.24) is 9.91 Å². The first-order valence-electron chi connectivity index (χ1n) is 7.25. The van der Waals surface area contributed by atoms with Crippen LogP contribution in [0.25, 0.3) is 0 Å². The van der Waals surface area contributed by atoms with Gasteiger partial charge in [-0.15, -0.1) is 5.01 Å². The highest BCUT2D eigenvalue weighted by Gasteiger charge is 2.38. The largest absolute Gasteiger partial charge is 0.569 e. The quantitative estimate of drug-likeness (QED) is 0.361. The number of hydrogen-bond acceptors (Lipinski definition) is 6. The van der Waals surface area contributed by atoms with Gasteiger partial charge >= 0.3 is 5.97 Å². The SMILES string of the molecule is O=C(O)C1CCCN1[N+]([O-])=NOCN1C(=O)c2ccccc2C1=O. The van der Waals surface area contributed by atoms with E-state index in [9.17, 15) is 19.6 Å². The van der Waals surface area contributed by atoms with Crippen LogP contribution in [-0.2, 0) is 9.63 Å². The molecule has 24 heavy (non-hydrogen) atoms. The Kier molecular flexibility index (Phi) is 4.02. The average molecular weight is 334 g/mol. The van der Waals surface area contributed by atoms with Gasteiger partial charge in [0, 0.05) is 0 Å². The number of carboxylic acid groups (broad SMARTS) is 1. The lowest BCUT2D eigenvalue weighted by Crippen LogP contribution is -2.40. The van der Waals surface area contributed by atoms with Gasteiger partial charge in [0.1, 0.15) is 0 Å². The Hall–Kier alpha value is -3.17. The first-order valence-corrected chi connectivity index (χ1v) is 7.25. The molecular formula is C14H14N4O6. The van der Waals surface area contributed by atoms with Crippen molar-refractivity contribution < 1.29 is 29.3 Å². The van der Waals surface area contributed by atoms with E-state index in [4.69, 9.17) is 9.94 Å². The number of benzene rings is 1. The molecule has 10 heteroatoms. The van der Waals surface area contributed by atoms with Crippen molar-refractivity contribution in [3.63, 3.8) is 0 Å². The number of hydrazine groups is 1. The molecule has 1 atom stereocenters. The van der Waals surface area contributed by atoms with Crippen LogP contribution in [0.4, 0.5) is 0 Å². The van der Waals surface area contributed by atoms with E-state index in [-0.39, 0.29) is 22.6 Å². The summed E-state index contributed by atoms with van der Waals surface area (Å²) in [6.45, 7) is -0.295. The summed E-state index contributed by atoms with van der Waals surface area (Å²) in [5.74, 6) is -2.19. The molecular weight excluding hydrogens is 320 g/mol. The number of imide groups is 1. The molecule has 2 aliphatic rings. The van der Waals surface area contributed by atoms with Crippen molar-refractivity contribution in [3.05, 3.63) is 40.6 Å². The van der Waals surface area contributed by atoms with E-state index in [1.807, 2.05) is 0 Å². The summed E-state index contributed by atoms with van der Waals surface area (Å²) in [7, 11) is 0. The van der Waals surface area contributed by atoms with Crippen molar-refractivity contribution in [3.8, 4) is 0 Å². The summed E-state index contributed by atoms with van der Waals surface area (Å²) < 4.78 is 0. The number of nitrogens with zero attached hydrogens (tertiary/aromatic N) is 4. The van der Waals surface area contributed by atoms with Gasteiger partial charge in [-0.3, -0.25) is 9.59 Å². The molecule has 1 saturated heterocycles. The van der Waals surface area contributed by atoms with E-state index >= 15 is 0 Å². The number of aliphatic carboxylic acids is 1. The van der Waals surface area contributed by atoms with Crippen LogP contribution in [-0.4, -0.2) is 57.1 Å². The number of rotatable bonds is 5. The van der Waals surface area contributed by atoms with Crippen molar-refractivity contribution in [2.75, 3.05) is 13.3 Å². The van der Waals surface area contributed by atoms with E-state index in [0.29, 0.717) is 12.8 Å². The zero-order valence-corrected chi connectivity index (χ0v) is 12.5. The molecule has 0 aromatic heterocycles. The molecule has 0 radical (unpaired) electrons. The molecule has 1 aromatic carbocycles. The maximum atomic E-state index is 12.1. The number of fused-ring (bicyclic) bond motifs is 1. The normalized spacial score (nSPS) is 20.5. The van der Waals surface area contributed by atoms with Crippen molar-refractivity contribution in [2.45, 2.75) is 18.9 Å². The molecule has 0 bridgehead atoms. The molecule has 3 rings (SSSR count). The second kappa shape index (κ2) is 6.14. The third-order valence-electron chi connectivity index (χ3n) is 3.92. The minimum absolute atomic E-state index is 0.0456. The van der Waals surface area contributed by atoms with E-state index < -0.39 is 30.6 Å². The van der Waals surface area contributed by atoms with Crippen molar-refractivity contribution in [1.29, 1.82) is 0 Å². The van der Waals surface area contributed by atoms with Crippen LogP contribution in [0.3, 0.4) is 0 Å². The van der Waals surface area contributed by atoms with Gasteiger partial charge in [-0.1, -0.05) is 12.1 Å². The number of carbonyl (C=O) groups excluding carboxylic acids is 2. The first kappa shape index (κ1) is 15.7. The molecule has 2 amide bonds. The average Bonchev–Trinajstić information content (AvgIpc) is 3.15. The number of hydrogen-bond donors (Lipinski definition) is 1.